The fraction of sp³-hybridized carbons (Fsp3) is 0.476. The second-order valence-corrected chi connectivity index (χ2v) is 6.77. The van der Waals surface area contributed by atoms with E-state index < -0.39 is 0 Å². The van der Waals surface area contributed by atoms with Crippen molar-refractivity contribution in [1.29, 1.82) is 0 Å². The van der Waals surface area contributed by atoms with Crippen molar-refractivity contribution in [3.63, 3.8) is 0 Å². The van der Waals surface area contributed by atoms with Crippen molar-refractivity contribution in [2.45, 2.75) is 51.9 Å². The summed E-state index contributed by atoms with van der Waals surface area (Å²) in [4.78, 5) is 4.43. The fourth-order valence-corrected chi connectivity index (χ4v) is 3.52. The van der Waals surface area contributed by atoms with Gasteiger partial charge in [-0.2, -0.15) is 0 Å². The summed E-state index contributed by atoms with van der Waals surface area (Å²) < 4.78 is 5.74. The number of pyridine rings is 1. The molecule has 0 spiro atoms. The van der Waals surface area contributed by atoms with Gasteiger partial charge in [-0.05, 0) is 66.8 Å². The van der Waals surface area contributed by atoms with E-state index in [1.165, 1.54) is 36.1 Å². The predicted molar refractivity (Wildman–Crippen MR) is 95.0 cm³/mol. The SMILES string of the molecule is CCC(CC(C)CCc1ccccn1)c1ccc2c(c1)OCC2. The first-order valence-corrected chi connectivity index (χ1v) is 8.91. The van der Waals surface area contributed by atoms with E-state index in [0.717, 1.165) is 25.2 Å². The monoisotopic (exact) mass is 309 g/mol. The van der Waals surface area contributed by atoms with E-state index in [9.17, 15) is 0 Å². The van der Waals surface area contributed by atoms with Crippen LogP contribution in [0.2, 0.25) is 0 Å². The summed E-state index contributed by atoms with van der Waals surface area (Å²) in [6.45, 7) is 5.51. The van der Waals surface area contributed by atoms with Crippen LogP contribution in [0.3, 0.4) is 0 Å². The van der Waals surface area contributed by atoms with Gasteiger partial charge < -0.3 is 4.74 Å². The zero-order valence-corrected chi connectivity index (χ0v) is 14.3. The molecule has 1 aromatic carbocycles. The van der Waals surface area contributed by atoms with Gasteiger partial charge >= 0.3 is 0 Å². The van der Waals surface area contributed by atoms with Gasteiger partial charge in [0.25, 0.3) is 0 Å². The Morgan fingerprint density at radius 2 is 2.13 bits per heavy atom. The van der Waals surface area contributed by atoms with Gasteiger partial charge in [-0.15, -0.1) is 0 Å². The van der Waals surface area contributed by atoms with E-state index in [1.54, 1.807) is 0 Å². The highest BCUT2D eigenvalue weighted by molar-refractivity contribution is 5.41. The molecule has 0 fully saturated rings. The molecule has 0 aliphatic carbocycles. The van der Waals surface area contributed by atoms with E-state index in [1.807, 2.05) is 12.3 Å². The lowest BCUT2D eigenvalue weighted by Gasteiger charge is -2.20. The number of rotatable bonds is 7. The van der Waals surface area contributed by atoms with E-state index in [-0.39, 0.29) is 0 Å². The van der Waals surface area contributed by atoms with E-state index in [0.29, 0.717) is 11.8 Å². The average molecular weight is 309 g/mol. The Morgan fingerprint density at radius 1 is 1.22 bits per heavy atom. The van der Waals surface area contributed by atoms with Gasteiger partial charge in [-0.3, -0.25) is 4.98 Å². The molecule has 3 rings (SSSR count). The Hall–Kier alpha value is -1.83. The molecule has 0 bridgehead atoms. The molecule has 2 atom stereocenters. The number of fused-ring (bicyclic) bond motifs is 1. The van der Waals surface area contributed by atoms with Crippen LogP contribution >= 0.6 is 0 Å². The van der Waals surface area contributed by atoms with Crippen LogP contribution in [0.25, 0.3) is 0 Å². The van der Waals surface area contributed by atoms with Gasteiger partial charge in [-0.25, -0.2) is 0 Å². The van der Waals surface area contributed by atoms with Gasteiger partial charge in [0.2, 0.25) is 0 Å². The smallest absolute Gasteiger partial charge is 0.122 e. The third-order valence-electron chi connectivity index (χ3n) is 4.99. The average Bonchev–Trinajstić information content (AvgIpc) is 3.06. The predicted octanol–water partition coefficient (Wildman–Crippen LogP) is 5.17. The molecule has 23 heavy (non-hydrogen) atoms. The molecule has 2 unspecified atom stereocenters. The molecule has 1 aromatic heterocycles. The third kappa shape index (κ3) is 4.13. The maximum atomic E-state index is 5.74. The van der Waals surface area contributed by atoms with Crippen LogP contribution in [0.5, 0.6) is 5.75 Å². The Labute approximate surface area is 139 Å². The van der Waals surface area contributed by atoms with E-state index in [4.69, 9.17) is 4.74 Å². The third-order valence-corrected chi connectivity index (χ3v) is 4.99. The number of ether oxygens (including phenoxy) is 1. The number of hydrogen-bond donors (Lipinski definition) is 0. The minimum atomic E-state index is 0.628. The molecule has 122 valence electrons. The molecule has 2 aromatic rings. The van der Waals surface area contributed by atoms with Crippen molar-refractivity contribution < 1.29 is 4.74 Å². The van der Waals surface area contributed by atoms with Crippen LogP contribution in [0.1, 0.15) is 55.8 Å². The lowest BCUT2D eigenvalue weighted by molar-refractivity contribution is 0.355. The first-order chi connectivity index (χ1) is 11.3. The molecule has 0 N–H and O–H groups in total. The Morgan fingerprint density at radius 3 is 2.91 bits per heavy atom. The molecule has 1 aliphatic heterocycles. The Balaban J connectivity index is 1.58. The molecule has 0 saturated carbocycles. The molecule has 2 heteroatoms. The minimum absolute atomic E-state index is 0.628. The first-order valence-electron chi connectivity index (χ1n) is 8.91. The van der Waals surface area contributed by atoms with Crippen LogP contribution in [-0.2, 0) is 12.8 Å². The van der Waals surface area contributed by atoms with Crippen molar-refractivity contribution in [3.8, 4) is 5.75 Å². The lowest BCUT2D eigenvalue weighted by atomic mass is 9.85. The van der Waals surface area contributed by atoms with Crippen LogP contribution in [0.15, 0.2) is 42.6 Å². The van der Waals surface area contributed by atoms with Crippen molar-refractivity contribution in [2.75, 3.05) is 6.61 Å². The van der Waals surface area contributed by atoms with Gasteiger partial charge in [0.05, 0.1) is 6.61 Å². The number of hydrogen-bond acceptors (Lipinski definition) is 2. The van der Waals surface area contributed by atoms with Crippen molar-refractivity contribution in [3.05, 3.63) is 59.4 Å². The molecule has 2 nitrogen and oxygen atoms in total. The van der Waals surface area contributed by atoms with E-state index in [2.05, 4.69) is 49.2 Å². The zero-order valence-electron chi connectivity index (χ0n) is 14.3. The zero-order chi connectivity index (χ0) is 16.1. The topological polar surface area (TPSA) is 22.1 Å². The fourth-order valence-electron chi connectivity index (χ4n) is 3.52. The van der Waals surface area contributed by atoms with E-state index >= 15 is 0 Å². The number of nitrogens with zero attached hydrogens (tertiary/aromatic N) is 1. The minimum Gasteiger partial charge on any atom is -0.493 e. The van der Waals surface area contributed by atoms with Crippen LogP contribution in [0.4, 0.5) is 0 Å². The standard InChI is InChI=1S/C21H27NO/c1-3-17(19-9-8-18-11-13-23-21(18)15-19)14-16(2)7-10-20-6-4-5-12-22-20/h4-6,8-9,12,15-17H,3,7,10-11,13-14H2,1-2H3. The number of aryl methyl sites for hydroxylation is 1. The highest BCUT2D eigenvalue weighted by Crippen LogP contribution is 2.34. The highest BCUT2D eigenvalue weighted by atomic mass is 16.5. The maximum absolute atomic E-state index is 5.74. The van der Waals surface area contributed by atoms with Crippen molar-refractivity contribution >= 4 is 0 Å². The molecule has 0 amide bonds. The summed E-state index contributed by atoms with van der Waals surface area (Å²) in [5, 5.41) is 0. The van der Waals surface area contributed by atoms with Crippen LogP contribution in [-0.4, -0.2) is 11.6 Å². The second kappa shape index (κ2) is 7.63. The molecule has 1 aliphatic rings. The molecular weight excluding hydrogens is 282 g/mol. The summed E-state index contributed by atoms with van der Waals surface area (Å²) in [5.74, 6) is 2.45. The van der Waals surface area contributed by atoms with Gasteiger partial charge in [0, 0.05) is 18.3 Å². The summed E-state index contributed by atoms with van der Waals surface area (Å²) >= 11 is 0. The van der Waals surface area contributed by atoms with Gasteiger partial charge in [0.1, 0.15) is 5.75 Å². The van der Waals surface area contributed by atoms with Gasteiger partial charge in [0.15, 0.2) is 0 Å². The van der Waals surface area contributed by atoms with Crippen molar-refractivity contribution in [2.24, 2.45) is 5.92 Å². The largest absolute Gasteiger partial charge is 0.493 e. The summed E-state index contributed by atoms with van der Waals surface area (Å²) in [6.07, 6.45) is 7.65. The Bertz CT molecular complexity index is 623. The molecular formula is C21H27NO. The Kier molecular flexibility index (Phi) is 5.32. The lowest BCUT2D eigenvalue weighted by Crippen LogP contribution is -2.06. The first kappa shape index (κ1) is 16.0. The van der Waals surface area contributed by atoms with Crippen LogP contribution in [0, 0.1) is 5.92 Å². The normalized spacial score (nSPS) is 15.7. The summed E-state index contributed by atoms with van der Waals surface area (Å²) in [6, 6.07) is 13.0. The van der Waals surface area contributed by atoms with Crippen molar-refractivity contribution in [1.82, 2.24) is 4.98 Å². The maximum Gasteiger partial charge on any atom is 0.122 e. The number of aromatic nitrogens is 1. The second-order valence-electron chi connectivity index (χ2n) is 6.77. The molecule has 0 radical (unpaired) electrons. The highest BCUT2D eigenvalue weighted by Gasteiger charge is 2.18. The molecule has 0 saturated heterocycles. The summed E-state index contributed by atoms with van der Waals surface area (Å²) in [7, 11) is 0. The summed E-state index contributed by atoms with van der Waals surface area (Å²) in [5.41, 5.74) is 4.02. The van der Waals surface area contributed by atoms with Crippen LogP contribution < -0.4 is 4.74 Å². The quantitative estimate of drug-likeness (QED) is 0.704. The molecule has 2 heterocycles. The number of benzene rings is 1. The van der Waals surface area contributed by atoms with Gasteiger partial charge in [-0.1, -0.05) is 32.0 Å².